The molecule has 6 heteroatoms. The molecule has 2 aromatic carbocycles. The van der Waals surface area contributed by atoms with Crippen molar-refractivity contribution in [2.45, 2.75) is 19.4 Å². The molecule has 2 heterocycles. The van der Waals surface area contributed by atoms with Crippen molar-refractivity contribution in [2.75, 3.05) is 25.9 Å². The second-order valence-electron chi connectivity index (χ2n) is 7.51. The molecule has 0 saturated carbocycles. The Morgan fingerprint density at radius 2 is 2.14 bits per heavy atom. The summed E-state index contributed by atoms with van der Waals surface area (Å²) in [5, 5.41) is 4.58. The van der Waals surface area contributed by atoms with Gasteiger partial charge in [0.05, 0.1) is 0 Å². The minimum absolute atomic E-state index is 0.102. The summed E-state index contributed by atoms with van der Waals surface area (Å²) in [6.07, 6.45) is 2.54. The molecule has 0 bridgehead atoms. The Morgan fingerprint density at radius 3 is 2.86 bits per heavy atom. The second kappa shape index (κ2) is 7.20. The first kappa shape index (κ1) is 18.4. The van der Waals surface area contributed by atoms with Gasteiger partial charge in [-0.2, -0.15) is 0 Å². The Hall–Kier alpha value is -2.99. The maximum atomic E-state index is 14.6. The van der Waals surface area contributed by atoms with Crippen molar-refractivity contribution in [3.63, 3.8) is 0 Å². The highest BCUT2D eigenvalue weighted by Crippen LogP contribution is 2.32. The van der Waals surface area contributed by atoms with E-state index in [0.717, 1.165) is 30.5 Å². The van der Waals surface area contributed by atoms with Gasteiger partial charge in [0, 0.05) is 35.3 Å². The van der Waals surface area contributed by atoms with Crippen LogP contribution in [0.2, 0.25) is 0 Å². The van der Waals surface area contributed by atoms with Gasteiger partial charge in [-0.05, 0) is 67.7 Å². The molecule has 0 aliphatic carbocycles. The zero-order valence-corrected chi connectivity index (χ0v) is 16.0. The number of amides is 1. The van der Waals surface area contributed by atoms with E-state index in [4.69, 9.17) is 5.73 Å². The van der Waals surface area contributed by atoms with Gasteiger partial charge in [-0.15, -0.1) is 0 Å². The standard InChI is InChI=1S/C22H23FN4O/c1-13-4-3-5-19(23)21(13)14-8-15-11-25-20(24)10-17(15)18(9-14)22(28)26-16-6-7-27(2)12-16/h3-5,8-11,16H,6-7,12H2,1-2H3,(H2,24,25)(H,26,28). The third-order valence-corrected chi connectivity index (χ3v) is 5.34. The van der Waals surface area contributed by atoms with E-state index in [1.807, 2.05) is 26.1 Å². The molecule has 1 aromatic heterocycles. The molecule has 1 fully saturated rings. The molecule has 3 N–H and O–H groups in total. The number of aryl methyl sites for hydroxylation is 1. The number of aromatic nitrogens is 1. The molecular formula is C22H23FN4O. The predicted molar refractivity (Wildman–Crippen MR) is 110 cm³/mol. The number of benzene rings is 2. The summed E-state index contributed by atoms with van der Waals surface area (Å²) in [6, 6.07) is 10.4. The lowest BCUT2D eigenvalue weighted by atomic mass is 9.94. The molecule has 1 unspecified atom stereocenters. The lowest BCUT2D eigenvalue weighted by molar-refractivity contribution is 0.0940. The Bertz CT molecular complexity index is 1050. The number of fused-ring (bicyclic) bond motifs is 1. The number of pyridine rings is 1. The molecule has 4 rings (SSSR count). The molecule has 28 heavy (non-hydrogen) atoms. The molecule has 0 spiro atoms. The first-order chi connectivity index (χ1) is 13.4. The third kappa shape index (κ3) is 3.43. The fourth-order valence-corrected chi connectivity index (χ4v) is 3.92. The summed E-state index contributed by atoms with van der Waals surface area (Å²) in [6.45, 7) is 3.63. The lowest BCUT2D eigenvalue weighted by Crippen LogP contribution is -2.36. The van der Waals surface area contributed by atoms with Crippen LogP contribution in [-0.4, -0.2) is 42.0 Å². The summed E-state index contributed by atoms with van der Waals surface area (Å²) in [4.78, 5) is 19.4. The molecule has 0 radical (unpaired) electrons. The number of hydrogen-bond acceptors (Lipinski definition) is 4. The van der Waals surface area contributed by atoms with Crippen LogP contribution in [0.3, 0.4) is 0 Å². The van der Waals surface area contributed by atoms with Crippen LogP contribution in [0.4, 0.5) is 10.2 Å². The molecule has 1 atom stereocenters. The number of nitrogens with zero attached hydrogens (tertiary/aromatic N) is 2. The Morgan fingerprint density at radius 1 is 1.32 bits per heavy atom. The monoisotopic (exact) mass is 378 g/mol. The number of nitrogens with one attached hydrogen (secondary N) is 1. The maximum absolute atomic E-state index is 14.6. The molecular weight excluding hydrogens is 355 g/mol. The van der Waals surface area contributed by atoms with E-state index in [0.29, 0.717) is 27.9 Å². The van der Waals surface area contributed by atoms with Gasteiger partial charge in [-0.3, -0.25) is 4.79 Å². The van der Waals surface area contributed by atoms with Gasteiger partial charge >= 0.3 is 0 Å². The number of carbonyl (C=O) groups excluding carboxylic acids is 1. The number of halogens is 1. The van der Waals surface area contributed by atoms with Crippen molar-refractivity contribution in [1.82, 2.24) is 15.2 Å². The SMILES string of the molecule is Cc1cccc(F)c1-c1cc(C(=O)NC2CCN(C)C2)c2cc(N)ncc2c1. The van der Waals surface area contributed by atoms with Crippen LogP contribution in [0.1, 0.15) is 22.3 Å². The van der Waals surface area contributed by atoms with Gasteiger partial charge in [-0.1, -0.05) is 12.1 Å². The quantitative estimate of drug-likeness (QED) is 0.733. The van der Waals surface area contributed by atoms with Crippen LogP contribution in [0.5, 0.6) is 0 Å². The molecule has 3 aromatic rings. The zero-order valence-electron chi connectivity index (χ0n) is 16.0. The topological polar surface area (TPSA) is 71.2 Å². The van der Waals surface area contributed by atoms with E-state index in [9.17, 15) is 9.18 Å². The Balaban J connectivity index is 1.83. The second-order valence-corrected chi connectivity index (χ2v) is 7.51. The van der Waals surface area contributed by atoms with Crippen molar-refractivity contribution in [1.29, 1.82) is 0 Å². The largest absolute Gasteiger partial charge is 0.384 e. The number of carbonyl (C=O) groups is 1. The number of nitrogens with two attached hydrogens (primary N) is 1. The normalized spacial score (nSPS) is 17.2. The minimum atomic E-state index is -0.313. The smallest absolute Gasteiger partial charge is 0.252 e. The fourth-order valence-electron chi connectivity index (χ4n) is 3.92. The maximum Gasteiger partial charge on any atom is 0.252 e. The first-order valence-corrected chi connectivity index (χ1v) is 9.36. The summed E-state index contributed by atoms with van der Waals surface area (Å²) >= 11 is 0. The molecule has 1 aliphatic heterocycles. The van der Waals surface area contributed by atoms with E-state index >= 15 is 0 Å². The van der Waals surface area contributed by atoms with E-state index < -0.39 is 0 Å². The van der Waals surface area contributed by atoms with Crippen LogP contribution in [0.25, 0.3) is 21.9 Å². The number of anilines is 1. The predicted octanol–water partition coefficient (Wildman–Crippen LogP) is 3.37. The van der Waals surface area contributed by atoms with E-state index in [-0.39, 0.29) is 17.8 Å². The van der Waals surface area contributed by atoms with Gasteiger partial charge in [-0.25, -0.2) is 9.37 Å². The summed E-state index contributed by atoms with van der Waals surface area (Å²) in [5.74, 6) is -0.143. The minimum Gasteiger partial charge on any atom is -0.384 e. The molecule has 1 aliphatic rings. The number of nitrogen functional groups attached to an aromatic ring is 1. The van der Waals surface area contributed by atoms with Crippen LogP contribution in [-0.2, 0) is 0 Å². The third-order valence-electron chi connectivity index (χ3n) is 5.34. The number of hydrogen-bond donors (Lipinski definition) is 2. The molecule has 1 amide bonds. The van der Waals surface area contributed by atoms with E-state index in [1.54, 1.807) is 24.4 Å². The van der Waals surface area contributed by atoms with Crippen LogP contribution in [0.15, 0.2) is 42.6 Å². The summed E-state index contributed by atoms with van der Waals surface area (Å²) in [5.41, 5.74) is 8.31. The summed E-state index contributed by atoms with van der Waals surface area (Å²) in [7, 11) is 2.04. The van der Waals surface area contributed by atoms with Crippen molar-refractivity contribution in [3.05, 3.63) is 59.5 Å². The average molecular weight is 378 g/mol. The van der Waals surface area contributed by atoms with E-state index in [2.05, 4.69) is 15.2 Å². The summed E-state index contributed by atoms with van der Waals surface area (Å²) < 4.78 is 14.6. The Kier molecular flexibility index (Phi) is 4.73. The number of likely N-dealkylation sites (tertiary alicyclic amines) is 1. The van der Waals surface area contributed by atoms with E-state index in [1.165, 1.54) is 6.07 Å². The highest BCUT2D eigenvalue weighted by atomic mass is 19.1. The van der Waals surface area contributed by atoms with Gasteiger partial charge in [0.15, 0.2) is 0 Å². The molecule has 144 valence electrons. The highest BCUT2D eigenvalue weighted by molar-refractivity contribution is 6.09. The zero-order chi connectivity index (χ0) is 19.8. The van der Waals surface area contributed by atoms with Crippen molar-refractivity contribution in [2.24, 2.45) is 0 Å². The fraction of sp³-hybridized carbons (Fsp3) is 0.273. The van der Waals surface area contributed by atoms with Crippen LogP contribution < -0.4 is 11.1 Å². The van der Waals surface area contributed by atoms with Gasteiger partial charge in [0.1, 0.15) is 11.6 Å². The van der Waals surface area contributed by atoms with Crippen LogP contribution in [0, 0.1) is 12.7 Å². The van der Waals surface area contributed by atoms with Crippen molar-refractivity contribution < 1.29 is 9.18 Å². The molecule has 5 nitrogen and oxygen atoms in total. The number of likely N-dealkylation sites (N-methyl/N-ethyl adjacent to an activating group) is 1. The highest BCUT2D eigenvalue weighted by Gasteiger charge is 2.23. The van der Waals surface area contributed by atoms with Gasteiger partial charge in [0.2, 0.25) is 0 Å². The number of rotatable bonds is 3. The van der Waals surface area contributed by atoms with Gasteiger partial charge < -0.3 is 16.0 Å². The average Bonchev–Trinajstić information content (AvgIpc) is 3.05. The van der Waals surface area contributed by atoms with Gasteiger partial charge in [0.25, 0.3) is 5.91 Å². The molecule has 1 saturated heterocycles. The van der Waals surface area contributed by atoms with Crippen molar-refractivity contribution >= 4 is 22.5 Å². The van der Waals surface area contributed by atoms with Crippen LogP contribution >= 0.6 is 0 Å². The first-order valence-electron chi connectivity index (χ1n) is 9.36. The van der Waals surface area contributed by atoms with Crippen molar-refractivity contribution in [3.8, 4) is 11.1 Å². The lowest BCUT2D eigenvalue weighted by Gasteiger charge is -2.16. The Labute approximate surface area is 163 Å².